The third-order valence-electron chi connectivity index (χ3n) is 2.37. The van der Waals surface area contributed by atoms with Crippen LogP contribution < -0.4 is 10.6 Å². The summed E-state index contributed by atoms with van der Waals surface area (Å²) < 4.78 is 49.9. The monoisotopic (exact) mass is 279 g/mol. The lowest BCUT2D eigenvalue weighted by Gasteiger charge is -2.08. The van der Waals surface area contributed by atoms with Gasteiger partial charge in [0.2, 0.25) is 5.91 Å². The number of halogens is 4. The first-order chi connectivity index (χ1) is 8.84. The molecule has 0 aromatic rings. The maximum Gasteiger partial charge on any atom is 0.433 e. The second-order valence-electron chi connectivity index (χ2n) is 3.85. The molecule has 1 saturated heterocycles. The second kappa shape index (κ2) is 6.46. The Bertz CT molecular complexity index is 403. The molecule has 2 atom stereocenters. The van der Waals surface area contributed by atoms with E-state index in [1.165, 1.54) is 0 Å². The topological polar surface area (TPSA) is 53.5 Å². The van der Waals surface area contributed by atoms with Gasteiger partial charge in [0.05, 0.1) is 12.4 Å². The lowest BCUT2D eigenvalue weighted by molar-refractivity contribution is -0.121. The van der Waals surface area contributed by atoms with Gasteiger partial charge in [0.25, 0.3) is 0 Å². The first kappa shape index (κ1) is 15.4. The van der Waals surface area contributed by atoms with Crippen molar-refractivity contribution in [2.75, 3.05) is 6.54 Å². The van der Waals surface area contributed by atoms with Crippen molar-refractivity contribution in [1.29, 1.82) is 0 Å². The van der Waals surface area contributed by atoms with Gasteiger partial charge in [0.15, 0.2) is 0 Å². The van der Waals surface area contributed by atoms with Crippen molar-refractivity contribution in [1.82, 2.24) is 10.6 Å². The molecule has 1 heterocycles. The minimum absolute atomic E-state index is 0.00566. The first-order valence-corrected chi connectivity index (χ1v) is 5.45. The van der Waals surface area contributed by atoms with E-state index in [2.05, 4.69) is 22.2 Å². The third-order valence-corrected chi connectivity index (χ3v) is 2.37. The lowest BCUT2D eigenvalue weighted by atomic mass is 10.2. The van der Waals surface area contributed by atoms with E-state index in [4.69, 9.17) is 0 Å². The minimum Gasteiger partial charge on any atom is -0.315 e. The van der Waals surface area contributed by atoms with Crippen molar-refractivity contribution in [3.8, 4) is 0 Å². The van der Waals surface area contributed by atoms with Crippen LogP contribution in [0.1, 0.15) is 6.42 Å². The van der Waals surface area contributed by atoms with Gasteiger partial charge in [-0.05, 0) is 6.08 Å². The highest BCUT2D eigenvalue weighted by Crippen LogP contribution is 2.26. The normalized spacial score (nSPS) is 24.7. The Morgan fingerprint density at radius 3 is 2.63 bits per heavy atom. The molecule has 1 amide bonds. The summed E-state index contributed by atoms with van der Waals surface area (Å²) in [7, 11) is 0. The minimum atomic E-state index is -4.63. The van der Waals surface area contributed by atoms with Gasteiger partial charge < -0.3 is 10.6 Å². The predicted molar refractivity (Wildman–Crippen MR) is 62.3 cm³/mol. The summed E-state index contributed by atoms with van der Waals surface area (Å²) in [5.41, 5.74) is -1.19. The molecule has 0 radical (unpaired) electrons. The SMILES string of the molecule is C=C/C=C(\N=CNC(=O)[C@@H]1C[C@@H](F)CN1)C(F)(F)F. The van der Waals surface area contributed by atoms with E-state index in [0.29, 0.717) is 12.4 Å². The van der Waals surface area contributed by atoms with Crippen LogP contribution in [0.4, 0.5) is 17.6 Å². The molecule has 0 aromatic heterocycles. The van der Waals surface area contributed by atoms with Gasteiger partial charge in [0.1, 0.15) is 11.9 Å². The molecule has 4 nitrogen and oxygen atoms in total. The maximum atomic E-state index is 12.8. The molecule has 19 heavy (non-hydrogen) atoms. The summed E-state index contributed by atoms with van der Waals surface area (Å²) in [6.45, 7) is 3.19. The van der Waals surface area contributed by atoms with Crippen LogP contribution in [0.15, 0.2) is 29.4 Å². The molecule has 1 fully saturated rings. The quantitative estimate of drug-likeness (QED) is 0.354. The summed E-state index contributed by atoms with van der Waals surface area (Å²) in [6, 6.07) is -0.751. The number of hydrogen-bond donors (Lipinski definition) is 2. The van der Waals surface area contributed by atoms with Crippen LogP contribution in [-0.2, 0) is 4.79 Å². The highest BCUT2D eigenvalue weighted by Gasteiger charge is 2.33. The average Bonchev–Trinajstić information content (AvgIpc) is 2.73. The molecular weight excluding hydrogens is 266 g/mol. The molecule has 1 aliphatic rings. The van der Waals surface area contributed by atoms with Crippen LogP contribution in [-0.4, -0.2) is 37.2 Å². The summed E-state index contributed by atoms with van der Waals surface area (Å²) in [5, 5.41) is 4.67. The summed E-state index contributed by atoms with van der Waals surface area (Å²) in [4.78, 5) is 14.5. The number of alkyl halides is 4. The Balaban J connectivity index is 2.55. The van der Waals surface area contributed by atoms with Crippen molar-refractivity contribution in [3.63, 3.8) is 0 Å². The molecule has 0 bridgehead atoms. The zero-order chi connectivity index (χ0) is 14.5. The number of amides is 1. The fourth-order valence-electron chi connectivity index (χ4n) is 1.48. The Labute approximate surface area is 107 Å². The molecule has 1 rings (SSSR count). The van der Waals surface area contributed by atoms with Gasteiger partial charge in [-0.1, -0.05) is 12.7 Å². The number of hydrogen-bond acceptors (Lipinski definition) is 3. The molecule has 0 spiro atoms. The van der Waals surface area contributed by atoms with Crippen LogP contribution in [0.5, 0.6) is 0 Å². The van der Waals surface area contributed by atoms with Crippen LogP contribution in [0.3, 0.4) is 0 Å². The van der Waals surface area contributed by atoms with E-state index in [1.807, 2.05) is 0 Å². The fourth-order valence-corrected chi connectivity index (χ4v) is 1.48. The van der Waals surface area contributed by atoms with E-state index in [9.17, 15) is 22.4 Å². The van der Waals surface area contributed by atoms with Gasteiger partial charge in [-0.25, -0.2) is 9.38 Å². The Morgan fingerprint density at radius 1 is 1.47 bits per heavy atom. The Kier molecular flexibility index (Phi) is 5.22. The number of nitrogens with zero attached hydrogens (tertiary/aromatic N) is 1. The van der Waals surface area contributed by atoms with Crippen LogP contribution in [0.25, 0.3) is 0 Å². The van der Waals surface area contributed by atoms with Gasteiger partial charge in [-0.2, -0.15) is 13.2 Å². The van der Waals surface area contributed by atoms with Crippen LogP contribution in [0, 0.1) is 0 Å². The molecule has 0 aliphatic carbocycles. The average molecular weight is 279 g/mol. The highest BCUT2D eigenvalue weighted by molar-refractivity contribution is 5.91. The highest BCUT2D eigenvalue weighted by atomic mass is 19.4. The zero-order valence-electron chi connectivity index (χ0n) is 9.88. The van der Waals surface area contributed by atoms with E-state index in [0.717, 1.165) is 6.08 Å². The van der Waals surface area contributed by atoms with E-state index in [1.54, 1.807) is 0 Å². The standard InChI is InChI=1S/C11H13F4N3O/c1-2-3-9(11(13,14)15)17-6-18-10(19)8-4-7(12)5-16-8/h2-3,6-8,16H,1,4-5H2,(H,17,18,19)/b9-3-/t7-,8+/m1/s1. The lowest BCUT2D eigenvalue weighted by Crippen LogP contribution is -2.39. The largest absolute Gasteiger partial charge is 0.433 e. The van der Waals surface area contributed by atoms with Crippen molar-refractivity contribution >= 4 is 12.2 Å². The van der Waals surface area contributed by atoms with Crippen LogP contribution in [0.2, 0.25) is 0 Å². The van der Waals surface area contributed by atoms with E-state index in [-0.39, 0.29) is 13.0 Å². The molecular formula is C11H13F4N3O. The van der Waals surface area contributed by atoms with Crippen molar-refractivity contribution < 1.29 is 22.4 Å². The second-order valence-corrected chi connectivity index (χ2v) is 3.85. The van der Waals surface area contributed by atoms with E-state index >= 15 is 0 Å². The Morgan fingerprint density at radius 2 is 2.16 bits per heavy atom. The fraction of sp³-hybridized carbons (Fsp3) is 0.455. The summed E-state index contributed by atoms with van der Waals surface area (Å²) in [6.07, 6.45) is -3.51. The number of aliphatic imine (C=N–C) groups is 1. The molecule has 1 aliphatic heterocycles. The Hall–Kier alpha value is -1.70. The van der Waals surface area contributed by atoms with Gasteiger partial charge in [0, 0.05) is 13.0 Å². The third kappa shape index (κ3) is 4.82. The number of rotatable bonds is 4. The van der Waals surface area contributed by atoms with Crippen LogP contribution >= 0.6 is 0 Å². The molecule has 0 saturated carbocycles. The van der Waals surface area contributed by atoms with Crippen molar-refractivity contribution in [2.45, 2.75) is 24.8 Å². The van der Waals surface area contributed by atoms with E-state index < -0.39 is 30.0 Å². The summed E-state index contributed by atoms with van der Waals surface area (Å²) >= 11 is 0. The van der Waals surface area contributed by atoms with Gasteiger partial charge >= 0.3 is 6.18 Å². The maximum absolute atomic E-state index is 12.8. The molecule has 0 unspecified atom stereocenters. The molecule has 106 valence electrons. The zero-order valence-corrected chi connectivity index (χ0v) is 9.88. The predicted octanol–water partition coefficient (Wildman–Crippen LogP) is 1.46. The number of allylic oxidation sites excluding steroid dienone is 3. The van der Waals surface area contributed by atoms with Gasteiger partial charge in [-0.15, -0.1) is 0 Å². The van der Waals surface area contributed by atoms with Crippen molar-refractivity contribution in [2.24, 2.45) is 4.99 Å². The number of nitrogens with one attached hydrogen (secondary N) is 2. The summed E-state index contributed by atoms with van der Waals surface area (Å²) in [5.74, 6) is -0.621. The van der Waals surface area contributed by atoms with Crippen molar-refractivity contribution in [3.05, 3.63) is 24.4 Å². The first-order valence-electron chi connectivity index (χ1n) is 5.45. The molecule has 2 N–H and O–H groups in total. The van der Waals surface area contributed by atoms with Gasteiger partial charge in [-0.3, -0.25) is 4.79 Å². The number of carbonyl (C=O) groups is 1. The number of carbonyl (C=O) groups excluding carboxylic acids is 1. The molecule has 0 aromatic carbocycles. The smallest absolute Gasteiger partial charge is 0.315 e. The molecule has 8 heteroatoms.